The van der Waals surface area contributed by atoms with Crippen LogP contribution in [-0.4, -0.2) is 41.1 Å². The largest absolute Gasteiger partial charge is 0.339 e. The van der Waals surface area contributed by atoms with Crippen molar-refractivity contribution in [3.05, 3.63) is 83.0 Å². The molecule has 0 saturated carbocycles. The Kier molecular flexibility index (Phi) is 5.48. The molecule has 0 radical (unpaired) electrons. The summed E-state index contributed by atoms with van der Waals surface area (Å²) in [7, 11) is -2.19. The van der Waals surface area contributed by atoms with Crippen molar-refractivity contribution in [1.29, 1.82) is 0 Å². The van der Waals surface area contributed by atoms with Crippen molar-refractivity contribution in [2.24, 2.45) is 13.0 Å². The molecule has 30 heavy (non-hydrogen) atoms. The molecule has 0 N–H and O–H groups in total. The molecule has 1 fully saturated rings. The third-order valence-electron chi connectivity index (χ3n) is 5.32. The van der Waals surface area contributed by atoms with E-state index in [0.717, 1.165) is 0 Å². The number of sulfonamides is 1. The molecule has 0 amide bonds. The van der Waals surface area contributed by atoms with Crippen LogP contribution in [0.3, 0.4) is 0 Å². The summed E-state index contributed by atoms with van der Waals surface area (Å²) < 4.78 is 42.4. The number of hydrogen-bond donors (Lipinski definition) is 0. The topological polar surface area (TPSA) is 72.3 Å². The minimum absolute atomic E-state index is 0.00625. The Bertz CT molecular complexity index is 1190. The highest BCUT2D eigenvalue weighted by molar-refractivity contribution is 7.89. The molecule has 1 aromatic heterocycles. The number of aromatic nitrogens is 2. The molecular formula is C21H19ClFN3O3S. The SMILES string of the molecule is Cn1cnc(S(=O)(=O)N2C[C@@H](C(=O)c3cccc(Cl)c3)[C@H](c3ccc(F)cc3)C2)c1. The van der Waals surface area contributed by atoms with Crippen molar-refractivity contribution in [3.8, 4) is 0 Å². The first kappa shape index (κ1) is 20.7. The molecule has 2 heterocycles. The lowest BCUT2D eigenvalue weighted by atomic mass is 9.84. The number of nitrogens with zero attached hydrogens (tertiary/aromatic N) is 3. The highest BCUT2D eigenvalue weighted by Gasteiger charge is 2.44. The van der Waals surface area contributed by atoms with Crippen molar-refractivity contribution in [1.82, 2.24) is 13.9 Å². The summed E-state index contributed by atoms with van der Waals surface area (Å²) in [6.07, 6.45) is 2.84. The van der Waals surface area contributed by atoms with Crippen LogP contribution in [0.1, 0.15) is 21.8 Å². The van der Waals surface area contributed by atoms with Gasteiger partial charge in [-0.1, -0.05) is 35.9 Å². The van der Waals surface area contributed by atoms with Gasteiger partial charge in [0, 0.05) is 48.8 Å². The van der Waals surface area contributed by atoms with Crippen LogP contribution in [0.2, 0.25) is 5.02 Å². The van der Waals surface area contributed by atoms with Crippen molar-refractivity contribution >= 4 is 27.4 Å². The molecule has 3 aromatic rings. The normalized spacial score (nSPS) is 19.8. The number of rotatable bonds is 5. The summed E-state index contributed by atoms with van der Waals surface area (Å²) in [5.74, 6) is -1.65. The highest BCUT2D eigenvalue weighted by Crippen LogP contribution is 2.37. The van der Waals surface area contributed by atoms with Gasteiger partial charge in [0.15, 0.2) is 10.8 Å². The van der Waals surface area contributed by atoms with Crippen LogP contribution in [0.5, 0.6) is 0 Å². The first-order chi connectivity index (χ1) is 14.3. The Morgan fingerprint density at radius 1 is 1.17 bits per heavy atom. The Balaban J connectivity index is 1.72. The summed E-state index contributed by atoms with van der Waals surface area (Å²) in [6, 6.07) is 12.4. The second-order valence-electron chi connectivity index (χ2n) is 7.34. The van der Waals surface area contributed by atoms with E-state index in [0.29, 0.717) is 16.1 Å². The fourth-order valence-corrected chi connectivity index (χ4v) is 5.44. The van der Waals surface area contributed by atoms with Crippen molar-refractivity contribution in [2.45, 2.75) is 10.9 Å². The quantitative estimate of drug-likeness (QED) is 0.561. The first-order valence-corrected chi connectivity index (χ1v) is 11.1. The lowest BCUT2D eigenvalue weighted by molar-refractivity contribution is 0.0918. The zero-order valence-electron chi connectivity index (χ0n) is 16.1. The maximum absolute atomic E-state index is 13.4. The summed E-state index contributed by atoms with van der Waals surface area (Å²) >= 11 is 6.04. The molecule has 0 aliphatic carbocycles. The average molecular weight is 448 g/mol. The number of ketones is 1. The number of aryl methyl sites for hydroxylation is 1. The summed E-state index contributed by atoms with van der Waals surface area (Å²) in [5, 5.41) is 0.355. The number of benzene rings is 2. The van der Waals surface area contributed by atoms with Gasteiger partial charge < -0.3 is 4.57 Å². The minimum atomic E-state index is -3.87. The van der Waals surface area contributed by atoms with Gasteiger partial charge in [0.05, 0.1) is 6.33 Å². The Hall–Kier alpha value is -2.55. The van der Waals surface area contributed by atoms with Gasteiger partial charge in [0.1, 0.15) is 5.82 Å². The zero-order valence-corrected chi connectivity index (χ0v) is 17.6. The predicted octanol–water partition coefficient (Wildman–Crippen LogP) is 3.50. The number of carbonyl (C=O) groups excluding carboxylic acids is 1. The predicted molar refractivity (Wildman–Crippen MR) is 110 cm³/mol. The molecule has 9 heteroatoms. The first-order valence-electron chi connectivity index (χ1n) is 9.29. The monoisotopic (exact) mass is 447 g/mol. The molecule has 1 saturated heterocycles. The molecule has 1 aliphatic rings. The van der Waals surface area contributed by atoms with Crippen LogP contribution >= 0.6 is 11.6 Å². The van der Waals surface area contributed by atoms with Gasteiger partial charge in [-0.3, -0.25) is 4.79 Å². The van der Waals surface area contributed by atoms with Gasteiger partial charge in [-0.2, -0.15) is 4.31 Å². The molecule has 0 spiro atoms. The molecule has 1 aliphatic heterocycles. The van der Waals surface area contributed by atoms with E-state index in [1.807, 2.05) is 0 Å². The van der Waals surface area contributed by atoms with E-state index in [9.17, 15) is 17.6 Å². The Labute approximate surface area is 179 Å². The zero-order chi connectivity index (χ0) is 21.5. The van der Waals surface area contributed by atoms with E-state index < -0.39 is 27.7 Å². The van der Waals surface area contributed by atoms with Crippen LogP contribution in [0.15, 0.2) is 66.1 Å². The number of hydrogen-bond acceptors (Lipinski definition) is 4. The molecule has 2 atom stereocenters. The average Bonchev–Trinajstić information content (AvgIpc) is 3.35. The molecule has 6 nitrogen and oxygen atoms in total. The van der Waals surface area contributed by atoms with E-state index in [2.05, 4.69) is 4.98 Å². The molecule has 0 bridgehead atoms. The van der Waals surface area contributed by atoms with Gasteiger partial charge >= 0.3 is 0 Å². The number of Topliss-reactive ketones (excluding diaryl/α,β-unsaturated/α-hetero) is 1. The standard InChI is InChI=1S/C21H19ClFN3O3S/c1-25-12-20(24-13-25)30(28,29)26-10-18(14-5-7-17(23)8-6-14)19(11-26)21(27)15-3-2-4-16(22)9-15/h2-9,12-13,18-19H,10-11H2,1H3/t18-,19+/m0/s1. The van der Waals surface area contributed by atoms with Crippen LogP contribution in [0, 0.1) is 11.7 Å². The third-order valence-corrected chi connectivity index (χ3v) is 7.27. The van der Waals surface area contributed by atoms with Crippen LogP contribution in [0.4, 0.5) is 4.39 Å². The second kappa shape index (κ2) is 7.94. The fourth-order valence-electron chi connectivity index (χ4n) is 3.79. The maximum atomic E-state index is 13.4. The van der Waals surface area contributed by atoms with Gasteiger partial charge in [-0.05, 0) is 29.8 Å². The van der Waals surface area contributed by atoms with Gasteiger partial charge in [-0.25, -0.2) is 17.8 Å². The van der Waals surface area contributed by atoms with E-state index in [1.165, 1.54) is 29.0 Å². The number of halogens is 2. The highest BCUT2D eigenvalue weighted by atomic mass is 35.5. The summed E-state index contributed by atoms with van der Waals surface area (Å²) in [5.41, 5.74) is 1.12. The lowest BCUT2D eigenvalue weighted by Crippen LogP contribution is -2.30. The van der Waals surface area contributed by atoms with E-state index in [1.54, 1.807) is 48.0 Å². The molecule has 2 aromatic carbocycles. The minimum Gasteiger partial charge on any atom is -0.339 e. The fraction of sp³-hybridized carbons (Fsp3) is 0.238. The van der Waals surface area contributed by atoms with E-state index in [4.69, 9.17) is 11.6 Å². The molecule has 4 rings (SSSR count). The van der Waals surface area contributed by atoms with E-state index >= 15 is 0 Å². The van der Waals surface area contributed by atoms with Crippen LogP contribution < -0.4 is 0 Å². The third kappa shape index (κ3) is 3.90. The lowest BCUT2D eigenvalue weighted by Gasteiger charge is -2.18. The molecule has 0 unspecified atom stereocenters. The van der Waals surface area contributed by atoms with Gasteiger partial charge in [0.25, 0.3) is 10.0 Å². The summed E-state index contributed by atoms with van der Waals surface area (Å²) in [4.78, 5) is 17.3. The molecule has 156 valence electrons. The number of carbonyl (C=O) groups is 1. The van der Waals surface area contributed by atoms with Crippen LogP contribution in [-0.2, 0) is 17.1 Å². The van der Waals surface area contributed by atoms with Crippen LogP contribution in [0.25, 0.3) is 0 Å². The van der Waals surface area contributed by atoms with Crippen molar-refractivity contribution in [2.75, 3.05) is 13.1 Å². The number of imidazole rings is 1. The van der Waals surface area contributed by atoms with E-state index in [-0.39, 0.29) is 23.9 Å². The maximum Gasteiger partial charge on any atom is 0.262 e. The van der Waals surface area contributed by atoms with Gasteiger partial charge in [0.2, 0.25) is 0 Å². The van der Waals surface area contributed by atoms with Crippen molar-refractivity contribution < 1.29 is 17.6 Å². The second-order valence-corrected chi connectivity index (χ2v) is 9.66. The van der Waals surface area contributed by atoms with Gasteiger partial charge in [-0.15, -0.1) is 0 Å². The van der Waals surface area contributed by atoms with Crippen molar-refractivity contribution in [3.63, 3.8) is 0 Å². The molecular weight excluding hydrogens is 429 g/mol. The smallest absolute Gasteiger partial charge is 0.262 e. The Morgan fingerprint density at radius 2 is 1.90 bits per heavy atom. The summed E-state index contributed by atoms with van der Waals surface area (Å²) in [6.45, 7) is 0.105. The Morgan fingerprint density at radius 3 is 2.53 bits per heavy atom.